The lowest BCUT2D eigenvalue weighted by Gasteiger charge is -2.11. The standard InChI is InChI=1S/C7H15N3O3/c1-3-13-4-6(11)9-5(2)7(8)10-12/h5,12H,3-4H2,1-2H3,(H2,8,10)(H,9,11). The van der Waals surface area contributed by atoms with Gasteiger partial charge in [0.05, 0.1) is 6.04 Å². The summed E-state index contributed by atoms with van der Waals surface area (Å²) in [4.78, 5) is 11.0. The Bertz CT molecular complexity index is 193. The molecule has 6 heteroatoms. The molecule has 76 valence electrons. The molecule has 1 atom stereocenters. The van der Waals surface area contributed by atoms with E-state index in [1.54, 1.807) is 13.8 Å². The molecule has 0 aromatic heterocycles. The average molecular weight is 189 g/mol. The van der Waals surface area contributed by atoms with Gasteiger partial charge in [-0.2, -0.15) is 0 Å². The molecule has 0 saturated heterocycles. The molecule has 4 N–H and O–H groups in total. The summed E-state index contributed by atoms with van der Waals surface area (Å²) in [6.07, 6.45) is 0. The van der Waals surface area contributed by atoms with Crippen LogP contribution < -0.4 is 11.1 Å². The van der Waals surface area contributed by atoms with Gasteiger partial charge in [-0.25, -0.2) is 0 Å². The van der Waals surface area contributed by atoms with Gasteiger partial charge in [-0.15, -0.1) is 0 Å². The summed E-state index contributed by atoms with van der Waals surface area (Å²) in [6, 6.07) is -0.488. The Morgan fingerprint density at radius 2 is 2.38 bits per heavy atom. The normalized spacial score (nSPS) is 13.8. The highest BCUT2D eigenvalue weighted by Crippen LogP contribution is 1.82. The Morgan fingerprint density at radius 1 is 1.77 bits per heavy atom. The minimum atomic E-state index is -0.488. The monoisotopic (exact) mass is 189 g/mol. The van der Waals surface area contributed by atoms with Gasteiger partial charge >= 0.3 is 0 Å². The maximum Gasteiger partial charge on any atom is 0.246 e. The van der Waals surface area contributed by atoms with Crippen molar-refractivity contribution >= 4 is 11.7 Å². The minimum absolute atomic E-state index is 0.0143. The van der Waals surface area contributed by atoms with Gasteiger partial charge in [0.2, 0.25) is 5.91 Å². The van der Waals surface area contributed by atoms with Crippen LogP contribution >= 0.6 is 0 Å². The van der Waals surface area contributed by atoms with Crippen LogP contribution in [0, 0.1) is 0 Å². The summed E-state index contributed by atoms with van der Waals surface area (Å²) in [5.74, 6) is -0.328. The molecule has 0 aromatic rings. The van der Waals surface area contributed by atoms with Crippen LogP contribution in [-0.2, 0) is 9.53 Å². The molecule has 1 amide bonds. The fraction of sp³-hybridized carbons (Fsp3) is 0.714. The minimum Gasteiger partial charge on any atom is -0.409 e. The summed E-state index contributed by atoms with van der Waals surface area (Å²) in [5.41, 5.74) is 5.24. The van der Waals surface area contributed by atoms with Crippen LogP contribution in [0.3, 0.4) is 0 Å². The molecule has 0 rings (SSSR count). The number of hydrogen-bond acceptors (Lipinski definition) is 4. The molecular formula is C7H15N3O3. The van der Waals surface area contributed by atoms with Crippen LogP contribution in [0.2, 0.25) is 0 Å². The summed E-state index contributed by atoms with van der Waals surface area (Å²) in [6.45, 7) is 3.87. The van der Waals surface area contributed by atoms with Crippen LogP contribution in [-0.4, -0.2) is 36.2 Å². The Balaban J connectivity index is 3.78. The molecule has 0 radical (unpaired) electrons. The summed E-state index contributed by atoms with van der Waals surface area (Å²) >= 11 is 0. The lowest BCUT2D eigenvalue weighted by atomic mass is 10.3. The van der Waals surface area contributed by atoms with Crippen molar-refractivity contribution in [1.82, 2.24) is 5.32 Å². The molecule has 1 unspecified atom stereocenters. The largest absolute Gasteiger partial charge is 0.409 e. The fourth-order valence-electron chi connectivity index (χ4n) is 0.638. The lowest BCUT2D eigenvalue weighted by Crippen LogP contribution is -2.43. The molecule has 6 nitrogen and oxygen atoms in total. The molecule has 0 aromatic carbocycles. The second kappa shape index (κ2) is 6.24. The van der Waals surface area contributed by atoms with Crippen molar-refractivity contribution in [3.63, 3.8) is 0 Å². The van der Waals surface area contributed by atoms with E-state index in [9.17, 15) is 4.79 Å². The molecule has 13 heavy (non-hydrogen) atoms. The lowest BCUT2D eigenvalue weighted by molar-refractivity contribution is -0.125. The number of amidine groups is 1. The maximum atomic E-state index is 11.0. The number of oxime groups is 1. The smallest absolute Gasteiger partial charge is 0.246 e. The van der Waals surface area contributed by atoms with E-state index in [1.807, 2.05) is 0 Å². The van der Waals surface area contributed by atoms with E-state index in [-0.39, 0.29) is 18.3 Å². The maximum absolute atomic E-state index is 11.0. The van der Waals surface area contributed by atoms with Gasteiger partial charge in [0.25, 0.3) is 0 Å². The SMILES string of the molecule is CCOCC(=O)NC(C)/C(N)=N/O. The van der Waals surface area contributed by atoms with Crippen LogP contribution in [0.1, 0.15) is 13.8 Å². The van der Waals surface area contributed by atoms with Crippen molar-refractivity contribution < 1.29 is 14.7 Å². The highest BCUT2D eigenvalue weighted by Gasteiger charge is 2.10. The predicted molar refractivity (Wildman–Crippen MR) is 47.5 cm³/mol. The Hall–Kier alpha value is -1.30. The van der Waals surface area contributed by atoms with Crippen LogP contribution in [0.4, 0.5) is 0 Å². The van der Waals surface area contributed by atoms with E-state index >= 15 is 0 Å². The molecule has 0 aliphatic carbocycles. The van der Waals surface area contributed by atoms with E-state index in [4.69, 9.17) is 15.7 Å². The second-order valence-corrected chi connectivity index (χ2v) is 2.45. The number of nitrogens with one attached hydrogen (secondary N) is 1. The molecule has 0 saturated carbocycles. The molecule has 0 fully saturated rings. The molecule has 0 aliphatic heterocycles. The summed E-state index contributed by atoms with van der Waals surface area (Å²) < 4.78 is 4.85. The van der Waals surface area contributed by atoms with Crippen molar-refractivity contribution in [3.8, 4) is 0 Å². The van der Waals surface area contributed by atoms with Gasteiger partial charge < -0.3 is 21.0 Å². The van der Waals surface area contributed by atoms with E-state index in [2.05, 4.69) is 10.5 Å². The fourth-order valence-corrected chi connectivity index (χ4v) is 0.638. The van der Waals surface area contributed by atoms with Crippen LogP contribution in [0.5, 0.6) is 0 Å². The van der Waals surface area contributed by atoms with E-state index in [0.717, 1.165) is 0 Å². The number of carbonyl (C=O) groups is 1. The number of ether oxygens (including phenoxy) is 1. The van der Waals surface area contributed by atoms with E-state index < -0.39 is 6.04 Å². The molecule has 0 heterocycles. The molecule has 0 spiro atoms. The zero-order valence-electron chi connectivity index (χ0n) is 7.78. The third-order valence-electron chi connectivity index (χ3n) is 1.37. The molecule has 0 aliphatic rings. The summed E-state index contributed by atoms with van der Waals surface area (Å²) in [7, 11) is 0. The first-order valence-electron chi connectivity index (χ1n) is 3.96. The van der Waals surface area contributed by atoms with Crippen molar-refractivity contribution in [3.05, 3.63) is 0 Å². The van der Waals surface area contributed by atoms with Gasteiger partial charge in [0, 0.05) is 6.61 Å². The number of nitrogens with two attached hydrogens (primary N) is 1. The van der Waals surface area contributed by atoms with Crippen molar-refractivity contribution in [2.45, 2.75) is 19.9 Å². The number of amides is 1. The van der Waals surface area contributed by atoms with Crippen molar-refractivity contribution in [1.29, 1.82) is 0 Å². The third kappa shape index (κ3) is 5.02. The van der Waals surface area contributed by atoms with Gasteiger partial charge in [0.1, 0.15) is 6.61 Å². The number of nitrogens with zero attached hydrogens (tertiary/aromatic N) is 1. The average Bonchev–Trinajstić information content (AvgIpc) is 2.13. The van der Waals surface area contributed by atoms with Crippen LogP contribution in [0.25, 0.3) is 0 Å². The van der Waals surface area contributed by atoms with E-state index in [1.165, 1.54) is 0 Å². The number of hydrogen-bond donors (Lipinski definition) is 3. The van der Waals surface area contributed by atoms with Crippen molar-refractivity contribution in [2.75, 3.05) is 13.2 Å². The zero-order chi connectivity index (χ0) is 10.3. The predicted octanol–water partition coefficient (Wildman–Crippen LogP) is -0.726. The second-order valence-electron chi connectivity index (χ2n) is 2.45. The Labute approximate surface area is 76.7 Å². The molecular weight excluding hydrogens is 174 g/mol. The number of carbonyl (C=O) groups excluding carboxylic acids is 1. The molecule has 0 bridgehead atoms. The highest BCUT2D eigenvalue weighted by atomic mass is 16.5. The third-order valence-corrected chi connectivity index (χ3v) is 1.37. The quantitative estimate of drug-likeness (QED) is 0.230. The summed E-state index contributed by atoms with van der Waals surface area (Å²) in [5, 5.41) is 13.5. The van der Waals surface area contributed by atoms with Gasteiger partial charge in [-0.1, -0.05) is 5.16 Å². The Morgan fingerprint density at radius 3 is 2.85 bits per heavy atom. The zero-order valence-corrected chi connectivity index (χ0v) is 7.78. The number of rotatable bonds is 5. The first kappa shape index (κ1) is 11.7. The Kier molecular flexibility index (Phi) is 5.62. The van der Waals surface area contributed by atoms with Gasteiger partial charge in [-0.05, 0) is 13.8 Å². The first-order valence-corrected chi connectivity index (χ1v) is 3.96. The highest BCUT2D eigenvalue weighted by molar-refractivity contribution is 5.89. The first-order chi connectivity index (χ1) is 6.11. The van der Waals surface area contributed by atoms with E-state index in [0.29, 0.717) is 6.61 Å². The van der Waals surface area contributed by atoms with Gasteiger partial charge in [-0.3, -0.25) is 4.79 Å². The topological polar surface area (TPSA) is 96.9 Å². The van der Waals surface area contributed by atoms with Crippen LogP contribution in [0.15, 0.2) is 5.16 Å². The van der Waals surface area contributed by atoms with Gasteiger partial charge in [0.15, 0.2) is 5.84 Å². The van der Waals surface area contributed by atoms with Crippen molar-refractivity contribution in [2.24, 2.45) is 10.9 Å².